The number of ether oxygens (including phenoxy) is 2. The van der Waals surface area contributed by atoms with Gasteiger partial charge in [-0.05, 0) is 34.9 Å². The Labute approximate surface area is 222 Å². The van der Waals surface area contributed by atoms with E-state index >= 15 is 0 Å². The molecule has 1 aliphatic rings. The third-order valence-corrected chi connectivity index (χ3v) is 6.28. The van der Waals surface area contributed by atoms with Crippen molar-refractivity contribution in [2.24, 2.45) is 5.73 Å². The fraction of sp³-hybridized carbons (Fsp3) is 0.138. The molecular formula is C29H22F3N3O4. The molecule has 4 rings (SSSR count). The van der Waals surface area contributed by atoms with Crippen LogP contribution >= 0.6 is 0 Å². The fourth-order valence-electron chi connectivity index (χ4n) is 4.55. The molecule has 1 heterocycles. The van der Waals surface area contributed by atoms with Crippen LogP contribution in [0, 0.1) is 11.3 Å². The number of anilines is 1. The summed E-state index contributed by atoms with van der Waals surface area (Å²) in [6.45, 7) is 0. The Bertz CT molecular complexity index is 1520. The first-order valence-corrected chi connectivity index (χ1v) is 11.6. The minimum absolute atomic E-state index is 0.0271. The van der Waals surface area contributed by atoms with Crippen molar-refractivity contribution in [3.05, 3.63) is 113 Å². The number of carbonyl (C=O) groups excluding carboxylic acids is 2. The van der Waals surface area contributed by atoms with Crippen LogP contribution in [0.1, 0.15) is 17.0 Å². The summed E-state index contributed by atoms with van der Waals surface area (Å²) in [5, 5.41) is 10.1. The van der Waals surface area contributed by atoms with E-state index in [-0.39, 0.29) is 39.5 Å². The van der Waals surface area contributed by atoms with Crippen LogP contribution in [0.15, 0.2) is 102 Å². The fourth-order valence-corrected chi connectivity index (χ4v) is 4.55. The molecule has 198 valence electrons. The van der Waals surface area contributed by atoms with E-state index in [1.165, 1.54) is 47.4 Å². The summed E-state index contributed by atoms with van der Waals surface area (Å²) in [6, 6.07) is 21.4. The molecule has 2 N–H and O–H groups in total. The van der Waals surface area contributed by atoms with E-state index in [4.69, 9.17) is 15.2 Å². The Morgan fingerprint density at radius 3 is 2.05 bits per heavy atom. The molecular weight excluding hydrogens is 511 g/mol. The third-order valence-electron chi connectivity index (χ3n) is 6.28. The van der Waals surface area contributed by atoms with Crippen LogP contribution in [0.5, 0.6) is 0 Å². The molecule has 0 aromatic heterocycles. The minimum Gasteiger partial charge on any atom is -0.466 e. The Kier molecular flexibility index (Phi) is 7.44. The van der Waals surface area contributed by atoms with Crippen LogP contribution < -0.4 is 10.6 Å². The van der Waals surface area contributed by atoms with Gasteiger partial charge in [-0.2, -0.15) is 18.4 Å². The highest BCUT2D eigenvalue weighted by Crippen LogP contribution is 2.44. The molecule has 0 saturated carbocycles. The molecule has 7 nitrogen and oxygen atoms in total. The second-order valence-electron chi connectivity index (χ2n) is 8.43. The number of nitriles is 1. The zero-order valence-electron chi connectivity index (χ0n) is 20.8. The lowest BCUT2D eigenvalue weighted by atomic mass is 9.81. The van der Waals surface area contributed by atoms with Gasteiger partial charge in [0.25, 0.3) is 0 Å². The zero-order chi connectivity index (χ0) is 28.3. The second-order valence-corrected chi connectivity index (χ2v) is 8.43. The first kappa shape index (κ1) is 27.0. The van der Waals surface area contributed by atoms with Gasteiger partial charge in [0, 0.05) is 5.69 Å². The summed E-state index contributed by atoms with van der Waals surface area (Å²) in [5.74, 6) is -3.00. The molecule has 1 unspecified atom stereocenters. The topological polar surface area (TPSA) is 106 Å². The zero-order valence-corrected chi connectivity index (χ0v) is 20.8. The predicted octanol–water partition coefficient (Wildman–Crippen LogP) is 5.27. The van der Waals surface area contributed by atoms with Crippen LogP contribution in [-0.4, -0.2) is 26.2 Å². The summed E-state index contributed by atoms with van der Waals surface area (Å²) in [5.41, 5.74) is 6.10. The number of esters is 2. The number of nitrogens with two attached hydrogens (primary N) is 1. The predicted molar refractivity (Wildman–Crippen MR) is 136 cm³/mol. The minimum atomic E-state index is -4.57. The molecule has 0 fully saturated rings. The van der Waals surface area contributed by atoms with Crippen molar-refractivity contribution >= 4 is 17.6 Å². The van der Waals surface area contributed by atoms with Gasteiger partial charge in [-0.3, -0.25) is 4.90 Å². The molecule has 3 aromatic rings. The first-order valence-electron chi connectivity index (χ1n) is 11.6. The summed E-state index contributed by atoms with van der Waals surface area (Å²) < 4.78 is 50.7. The maximum Gasteiger partial charge on any atom is 0.417 e. The number of rotatable bonds is 5. The number of benzene rings is 3. The molecule has 0 radical (unpaired) electrons. The lowest BCUT2D eigenvalue weighted by molar-refractivity contribution is -0.139. The quantitative estimate of drug-likeness (QED) is 0.446. The van der Waals surface area contributed by atoms with Crippen LogP contribution in [0.4, 0.5) is 18.9 Å². The summed E-state index contributed by atoms with van der Waals surface area (Å²) in [6.07, 6.45) is -4.57. The van der Waals surface area contributed by atoms with E-state index in [0.717, 1.165) is 20.3 Å². The highest BCUT2D eigenvalue weighted by molar-refractivity contribution is 6.06. The second kappa shape index (κ2) is 10.8. The maximum absolute atomic E-state index is 13.6. The Balaban J connectivity index is 1.94. The number of methoxy groups -OCH3 is 2. The van der Waals surface area contributed by atoms with Crippen molar-refractivity contribution in [3.63, 3.8) is 0 Å². The van der Waals surface area contributed by atoms with E-state index in [0.29, 0.717) is 5.56 Å². The number of allylic oxidation sites excluding steroid dienone is 1. The lowest BCUT2D eigenvalue weighted by Gasteiger charge is -2.36. The highest BCUT2D eigenvalue weighted by atomic mass is 19.4. The van der Waals surface area contributed by atoms with Gasteiger partial charge in [-0.15, -0.1) is 0 Å². The molecule has 0 saturated heterocycles. The molecule has 0 amide bonds. The number of carbonyl (C=O) groups is 2. The van der Waals surface area contributed by atoms with Gasteiger partial charge >= 0.3 is 18.1 Å². The lowest BCUT2D eigenvalue weighted by Crippen LogP contribution is -2.40. The van der Waals surface area contributed by atoms with Crippen molar-refractivity contribution < 1.29 is 32.2 Å². The number of hydrogen-bond acceptors (Lipinski definition) is 7. The normalized spacial score (nSPS) is 15.6. The summed E-state index contributed by atoms with van der Waals surface area (Å²) in [7, 11) is 2.26. The van der Waals surface area contributed by atoms with Crippen molar-refractivity contribution in [1.29, 1.82) is 5.26 Å². The molecule has 1 aliphatic heterocycles. The SMILES string of the molecule is COC(=O)C1=C(C(=O)OC)N(c2ccc(-c3ccccc3C(F)(F)F)cc2)C(N)=C(C#N)C1c1ccccc1. The van der Waals surface area contributed by atoms with E-state index in [9.17, 15) is 28.0 Å². The van der Waals surface area contributed by atoms with Crippen LogP contribution in [0.2, 0.25) is 0 Å². The highest BCUT2D eigenvalue weighted by Gasteiger charge is 2.43. The van der Waals surface area contributed by atoms with Gasteiger partial charge in [0.15, 0.2) is 0 Å². The van der Waals surface area contributed by atoms with Gasteiger partial charge in [-0.1, -0.05) is 60.7 Å². The number of nitrogens with zero attached hydrogens (tertiary/aromatic N) is 2. The Morgan fingerprint density at radius 2 is 1.49 bits per heavy atom. The van der Waals surface area contributed by atoms with Crippen LogP contribution in [0.3, 0.4) is 0 Å². The van der Waals surface area contributed by atoms with E-state index in [2.05, 4.69) is 0 Å². The molecule has 0 aliphatic carbocycles. The Hall–Kier alpha value is -5.04. The monoisotopic (exact) mass is 533 g/mol. The molecule has 0 spiro atoms. The molecule has 39 heavy (non-hydrogen) atoms. The van der Waals surface area contributed by atoms with E-state index in [1.54, 1.807) is 30.3 Å². The van der Waals surface area contributed by atoms with Crippen molar-refractivity contribution in [3.8, 4) is 17.2 Å². The van der Waals surface area contributed by atoms with Crippen molar-refractivity contribution in [1.82, 2.24) is 0 Å². The van der Waals surface area contributed by atoms with E-state index < -0.39 is 29.6 Å². The van der Waals surface area contributed by atoms with E-state index in [1.807, 2.05) is 6.07 Å². The van der Waals surface area contributed by atoms with Gasteiger partial charge in [0.2, 0.25) is 0 Å². The molecule has 1 atom stereocenters. The van der Waals surface area contributed by atoms with Gasteiger partial charge < -0.3 is 15.2 Å². The smallest absolute Gasteiger partial charge is 0.417 e. The van der Waals surface area contributed by atoms with Crippen molar-refractivity contribution in [2.75, 3.05) is 19.1 Å². The van der Waals surface area contributed by atoms with Crippen LogP contribution in [0.25, 0.3) is 11.1 Å². The standard InChI is InChI=1S/C29H22F3N3O4/c1-38-27(36)24-23(18-8-4-3-5-9-18)21(16-33)26(34)35(25(24)28(37)39-2)19-14-12-17(13-15-19)20-10-6-7-11-22(20)29(30,31)32/h3-15,23H,34H2,1-2H3. The average molecular weight is 534 g/mol. The Morgan fingerprint density at radius 1 is 0.897 bits per heavy atom. The van der Waals surface area contributed by atoms with Gasteiger partial charge in [-0.25, -0.2) is 9.59 Å². The third kappa shape index (κ3) is 4.94. The molecule has 0 bridgehead atoms. The van der Waals surface area contributed by atoms with Gasteiger partial charge in [0.05, 0.1) is 42.9 Å². The first-order chi connectivity index (χ1) is 18.6. The van der Waals surface area contributed by atoms with Crippen molar-refractivity contribution in [2.45, 2.75) is 12.1 Å². The molecule has 10 heteroatoms. The maximum atomic E-state index is 13.6. The summed E-state index contributed by atoms with van der Waals surface area (Å²) in [4.78, 5) is 27.4. The van der Waals surface area contributed by atoms with Crippen LogP contribution in [-0.2, 0) is 25.2 Å². The largest absolute Gasteiger partial charge is 0.466 e. The van der Waals surface area contributed by atoms with Gasteiger partial charge in [0.1, 0.15) is 11.5 Å². The number of alkyl halides is 3. The molecule has 3 aromatic carbocycles. The number of halogens is 3. The summed E-state index contributed by atoms with van der Waals surface area (Å²) >= 11 is 0. The number of hydrogen-bond donors (Lipinski definition) is 1. The average Bonchev–Trinajstić information content (AvgIpc) is 2.95.